The number of amides is 2. The average molecular weight is 608 g/mol. The fourth-order valence-corrected chi connectivity index (χ4v) is 5.11. The molecule has 232 valence electrons. The first-order valence-corrected chi connectivity index (χ1v) is 15.2. The Balaban J connectivity index is 1.34. The molecule has 4 aliphatic heterocycles. The fourth-order valence-electron chi connectivity index (χ4n) is 5.11. The number of Topliss-reactive ketones (excluding diaryl/α,β-unsaturated/α-hetero) is 1. The second kappa shape index (κ2) is 15.5. The number of aromatic amines is 1. The molecular weight excluding hydrogens is 570 g/mol. The van der Waals surface area contributed by atoms with E-state index in [2.05, 4.69) is 15.6 Å². The summed E-state index contributed by atoms with van der Waals surface area (Å²) in [6.07, 6.45) is 3.64. The molecule has 2 atom stereocenters. The normalized spacial score (nSPS) is 16.8. The van der Waals surface area contributed by atoms with E-state index in [0.717, 1.165) is 35.3 Å². The first-order chi connectivity index (χ1) is 22.0. The average Bonchev–Trinajstić information content (AvgIpc) is 3.57. The van der Waals surface area contributed by atoms with Crippen molar-refractivity contribution in [2.75, 3.05) is 13.2 Å². The quantitative estimate of drug-likeness (QED) is 0.284. The van der Waals surface area contributed by atoms with Crippen molar-refractivity contribution in [3.8, 4) is 11.5 Å². The van der Waals surface area contributed by atoms with Crippen LogP contribution in [0.2, 0.25) is 0 Å². The first kappa shape index (κ1) is 31.3. The van der Waals surface area contributed by atoms with Gasteiger partial charge in [0.15, 0.2) is 5.78 Å². The van der Waals surface area contributed by atoms with E-state index in [9.17, 15) is 19.2 Å². The van der Waals surface area contributed by atoms with Crippen LogP contribution in [0.15, 0.2) is 91.0 Å². The van der Waals surface area contributed by atoms with Crippen molar-refractivity contribution in [1.82, 2.24) is 15.6 Å². The van der Waals surface area contributed by atoms with Crippen LogP contribution in [0.5, 0.6) is 11.5 Å². The summed E-state index contributed by atoms with van der Waals surface area (Å²) in [7, 11) is 0. The molecular formula is C36H37N3O6. The minimum Gasteiger partial charge on any atom is -0.494 e. The smallest absolute Gasteiger partial charge is 0.268 e. The van der Waals surface area contributed by atoms with Crippen LogP contribution in [-0.4, -0.2) is 54.2 Å². The Morgan fingerprint density at radius 3 is 2.07 bits per heavy atom. The van der Waals surface area contributed by atoms with Gasteiger partial charge in [0.2, 0.25) is 5.91 Å². The number of carbonyl (C=O) groups is 4. The Hall–Kier alpha value is -5.18. The Kier molecular flexibility index (Phi) is 10.8. The number of aldehydes is 1. The van der Waals surface area contributed by atoms with Crippen LogP contribution in [0, 0.1) is 0 Å². The third-order valence-electron chi connectivity index (χ3n) is 7.65. The fraction of sp³-hybridized carbons (Fsp3) is 0.278. The Morgan fingerprint density at radius 2 is 1.42 bits per heavy atom. The number of nitrogens with one attached hydrogen (secondary N) is 3. The second-order valence-corrected chi connectivity index (χ2v) is 11.1. The largest absolute Gasteiger partial charge is 0.494 e. The molecule has 3 aromatic carbocycles. The Labute approximate surface area is 262 Å². The SMILES string of the molecule is O=C[C@H](Cc1ccccc1)NC(=O)[C@H]1Cc2ccc(cc2)OCCCCOc2ccc(cc2)CCC(=O)c2ccc([nH]2)C(=O)N1. The first-order valence-electron chi connectivity index (χ1n) is 15.2. The van der Waals surface area contributed by atoms with Gasteiger partial charge in [-0.15, -0.1) is 0 Å². The summed E-state index contributed by atoms with van der Waals surface area (Å²) < 4.78 is 11.7. The summed E-state index contributed by atoms with van der Waals surface area (Å²) in [6, 6.07) is 25.8. The second-order valence-electron chi connectivity index (χ2n) is 11.1. The Bertz CT molecular complexity index is 1580. The summed E-state index contributed by atoms with van der Waals surface area (Å²) in [5.41, 5.74) is 3.17. The molecule has 0 radical (unpaired) electrons. The van der Waals surface area contributed by atoms with Crippen LogP contribution in [0.4, 0.5) is 0 Å². The Morgan fingerprint density at radius 1 is 0.800 bits per heavy atom. The van der Waals surface area contributed by atoms with Crippen molar-refractivity contribution in [1.29, 1.82) is 0 Å². The van der Waals surface area contributed by atoms with E-state index >= 15 is 0 Å². The molecule has 1 aromatic heterocycles. The third-order valence-corrected chi connectivity index (χ3v) is 7.65. The van der Waals surface area contributed by atoms with Gasteiger partial charge in [-0.05, 0) is 78.8 Å². The predicted octanol–water partition coefficient (Wildman–Crippen LogP) is 4.65. The molecule has 9 heteroatoms. The van der Waals surface area contributed by atoms with Crippen molar-refractivity contribution >= 4 is 23.9 Å². The van der Waals surface area contributed by atoms with Gasteiger partial charge in [0.05, 0.1) is 24.9 Å². The minimum absolute atomic E-state index is 0.129. The molecule has 0 fully saturated rings. The van der Waals surface area contributed by atoms with Gasteiger partial charge in [-0.25, -0.2) is 0 Å². The van der Waals surface area contributed by atoms with Crippen LogP contribution in [0.3, 0.4) is 0 Å². The van der Waals surface area contributed by atoms with Gasteiger partial charge in [-0.1, -0.05) is 54.6 Å². The summed E-state index contributed by atoms with van der Waals surface area (Å²) in [5.74, 6) is 0.317. The molecule has 9 nitrogen and oxygen atoms in total. The topological polar surface area (TPSA) is 127 Å². The van der Waals surface area contributed by atoms with E-state index in [0.29, 0.717) is 43.8 Å². The molecule has 5 heterocycles. The lowest BCUT2D eigenvalue weighted by molar-refractivity contribution is -0.125. The van der Waals surface area contributed by atoms with E-state index in [4.69, 9.17) is 9.47 Å². The van der Waals surface area contributed by atoms with Crippen LogP contribution < -0.4 is 20.1 Å². The van der Waals surface area contributed by atoms with Gasteiger partial charge >= 0.3 is 0 Å². The van der Waals surface area contributed by atoms with Crippen molar-refractivity contribution in [3.05, 3.63) is 119 Å². The van der Waals surface area contributed by atoms with Crippen LogP contribution in [0.1, 0.15) is 56.9 Å². The monoisotopic (exact) mass is 607 g/mol. The number of H-pyrrole nitrogens is 1. The van der Waals surface area contributed by atoms with Gasteiger partial charge in [-0.3, -0.25) is 14.4 Å². The summed E-state index contributed by atoms with van der Waals surface area (Å²) in [4.78, 5) is 54.5. The molecule has 3 N–H and O–H groups in total. The minimum atomic E-state index is -0.988. The number of benzene rings is 3. The molecule has 0 unspecified atom stereocenters. The zero-order valence-electron chi connectivity index (χ0n) is 25.0. The van der Waals surface area contributed by atoms with Crippen molar-refractivity contribution in [3.63, 3.8) is 0 Å². The maximum Gasteiger partial charge on any atom is 0.268 e. The molecule has 4 aromatic rings. The number of carbonyl (C=O) groups excluding carboxylic acids is 4. The highest BCUT2D eigenvalue weighted by atomic mass is 16.5. The van der Waals surface area contributed by atoms with Crippen molar-refractivity contribution in [2.24, 2.45) is 0 Å². The zero-order chi connectivity index (χ0) is 31.4. The lowest BCUT2D eigenvalue weighted by Crippen LogP contribution is -2.51. The van der Waals surface area contributed by atoms with E-state index in [1.54, 1.807) is 6.07 Å². The van der Waals surface area contributed by atoms with E-state index in [-0.39, 0.29) is 24.3 Å². The van der Waals surface area contributed by atoms with Gasteiger partial charge in [-0.2, -0.15) is 0 Å². The number of rotatable bonds is 5. The molecule has 4 aliphatic rings. The maximum absolute atomic E-state index is 13.5. The molecule has 45 heavy (non-hydrogen) atoms. The lowest BCUT2D eigenvalue weighted by Gasteiger charge is -2.21. The summed E-state index contributed by atoms with van der Waals surface area (Å²) in [5, 5.41) is 5.58. The number of hydrogen-bond acceptors (Lipinski definition) is 6. The van der Waals surface area contributed by atoms with Gasteiger partial charge in [0, 0.05) is 12.8 Å². The zero-order valence-corrected chi connectivity index (χ0v) is 25.0. The van der Waals surface area contributed by atoms with Crippen molar-refractivity contribution in [2.45, 2.75) is 50.6 Å². The summed E-state index contributed by atoms with van der Waals surface area (Å²) in [6.45, 7) is 1.10. The molecule has 0 aliphatic carbocycles. The van der Waals surface area contributed by atoms with Crippen LogP contribution >= 0.6 is 0 Å². The van der Waals surface area contributed by atoms with E-state index in [1.807, 2.05) is 78.9 Å². The lowest BCUT2D eigenvalue weighted by atomic mass is 10.0. The molecule has 0 spiro atoms. The van der Waals surface area contributed by atoms with Gasteiger partial charge < -0.3 is 29.9 Å². The number of aryl methyl sites for hydroxylation is 1. The maximum atomic E-state index is 13.5. The third kappa shape index (κ3) is 9.15. The standard InChI is InChI=1S/C36H37N3O6/c40-24-28(22-26-6-2-1-3-7-26)37-36(43)33-23-27-10-15-30(16-11-27)45-21-5-4-20-44-29-13-8-25(9-14-29)12-19-34(41)31-17-18-32(38-31)35(42)39-33/h1-3,6-11,13-18,24,28,33,38H,4-5,12,19-23H2,(H,37,43)(H,39,42)/t28-,33+/m0/s1. The van der Waals surface area contributed by atoms with Gasteiger partial charge in [0.1, 0.15) is 29.5 Å². The van der Waals surface area contributed by atoms with Crippen LogP contribution in [-0.2, 0) is 28.9 Å². The molecule has 0 saturated heterocycles. The highest BCUT2D eigenvalue weighted by Gasteiger charge is 2.25. The highest BCUT2D eigenvalue weighted by Crippen LogP contribution is 2.17. The van der Waals surface area contributed by atoms with Gasteiger partial charge in [0.25, 0.3) is 5.91 Å². The summed E-state index contributed by atoms with van der Waals surface area (Å²) >= 11 is 0. The molecule has 2 amide bonds. The number of aromatic nitrogens is 1. The van der Waals surface area contributed by atoms with Crippen molar-refractivity contribution < 1.29 is 28.7 Å². The number of hydrogen-bond donors (Lipinski definition) is 3. The predicted molar refractivity (Wildman–Crippen MR) is 170 cm³/mol. The highest BCUT2D eigenvalue weighted by molar-refractivity contribution is 6.00. The number of ether oxygens (including phenoxy) is 2. The van der Waals surface area contributed by atoms with E-state index < -0.39 is 23.9 Å². The molecule has 6 bridgehead atoms. The van der Waals surface area contributed by atoms with E-state index in [1.165, 1.54) is 6.07 Å². The molecule has 8 rings (SSSR count). The molecule has 0 saturated carbocycles. The number of ketones is 1. The van der Waals surface area contributed by atoms with Crippen LogP contribution in [0.25, 0.3) is 0 Å².